The fourth-order valence-corrected chi connectivity index (χ4v) is 2.89. The van der Waals surface area contributed by atoms with Crippen molar-refractivity contribution in [2.24, 2.45) is 0 Å². The van der Waals surface area contributed by atoms with Crippen molar-refractivity contribution in [2.45, 2.75) is 18.8 Å². The van der Waals surface area contributed by atoms with Gasteiger partial charge in [0.15, 0.2) is 0 Å². The van der Waals surface area contributed by atoms with E-state index in [0.717, 1.165) is 22.5 Å². The van der Waals surface area contributed by atoms with Crippen LogP contribution in [0.3, 0.4) is 0 Å². The molecule has 1 aromatic carbocycles. The van der Waals surface area contributed by atoms with Crippen molar-refractivity contribution in [1.82, 2.24) is 0 Å². The summed E-state index contributed by atoms with van der Waals surface area (Å²) in [6.45, 7) is 1.97. The fraction of sp³-hybridized carbons (Fsp3) is 0.267. The molecule has 1 unspecified atom stereocenters. The van der Waals surface area contributed by atoms with E-state index in [0.29, 0.717) is 6.42 Å². The standard InChI is InChI=1S/C15H16O2S/c1-15(11-16,14-8-5-9-18-14)10-12-6-3-4-7-13(12)17-2/h3-9,11H,10H2,1-2H3. The van der Waals surface area contributed by atoms with Crippen LogP contribution in [0.25, 0.3) is 0 Å². The van der Waals surface area contributed by atoms with Crippen molar-refractivity contribution in [2.75, 3.05) is 7.11 Å². The summed E-state index contributed by atoms with van der Waals surface area (Å²) in [5, 5.41) is 2.00. The van der Waals surface area contributed by atoms with Crippen LogP contribution in [-0.2, 0) is 16.6 Å². The molecule has 1 aromatic heterocycles. The zero-order chi connectivity index (χ0) is 13.0. The molecule has 1 atom stereocenters. The number of carbonyl (C=O) groups excluding carboxylic acids is 1. The van der Waals surface area contributed by atoms with Crippen molar-refractivity contribution in [1.29, 1.82) is 0 Å². The summed E-state index contributed by atoms with van der Waals surface area (Å²) in [7, 11) is 1.65. The van der Waals surface area contributed by atoms with Crippen molar-refractivity contribution >= 4 is 17.6 Å². The lowest BCUT2D eigenvalue weighted by molar-refractivity contribution is -0.112. The molecule has 3 heteroatoms. The van der Waals surface area contributed by atoms with Crippen molar-refractivity contribution in [3.63, 3.8) is 0 Å². The lowest BCUT2D eigenvalue weighted by Gasteiger charge is -2.22. The molecule has 0 radical (unpaired) electrons. The van der Waals surface area contributed by atoms with Gasteiger partial charge in [-0.1, -0.05) is 24.3 Å². The average molecular weight is 260 g/mol. The molecule has 0 aliphatic rings. The second kappa shape index (κ2) is 5.36. The molecule has 1 heterocycles. The van der Waals surface area contributed by atoms with Gasteiger partial charge in [0.1, 0.15) is 12.0 Å². The van der Waals surface area contributed by atoms with E-state index in [4.69, 9.17) is 4.74 Å². The van der Waals surface area contributed by atoms with Crippen LogP contribution in [-0.4, -0.2) is 13.4 Å². The first-order valence-electron chi connectivity index (χ1n) is 5.82. The third-order valence-corrected chi connectivity index (χ3v) is 4.24. The SMILES string of the molecule is COc1ccccc1CC(C)(C=O)c1cccs1. The zero-order valence-electron chi connectivity index (χ0n) is 10.6. The highest BCUT2D eigenvalue weighted by atomic mass is 32.1. The van der Waals surface area contributed by atoms with Crippen LogP contribution in [0, 0.1) is 0 Å². The van der Waals surface area contributed by atoms with Gasteiger partial charge in [0.05, 0.1) is 12.5 Å². The number of aldehydes is 1. The molecule has 94 valence electrons. The molecule has 0 N–H and O–H groups in total. The lowest BCUT2D eigenvalue weighted by Crippen LogP contribution is -2.25. The highest BCUT2D eigenvalue weighted by Crippen LogP contribution is 2.32. The maximum Gasteiger partial charge on any atom is 0.131 e. The Morgan fingerprint density at radius 2 is 2.06 bits per heavy atom. The van der Waals surface area contributed by atoms with Gasteiger partial charge in [-0.15, -0.1) is 11.3 Å². The molecule has 18 heavy (non-hydrogen) atoms. The predicted molar refractivity (Wildman–Crippen MR) is 74.4 cm³/mol. The maximum atomic E-state index is 11.5. The molecule has 2 rings (SSSR count). The molecular weight excluding hydrogens is 244 g/mol. The maximum absolute atomic E-state index is 11.5. The van der Waals surface area contributed by atoms with Gasteiger partial charge in [-0.3, -0.25) is 0 Å². The molecule has 2 nitrogen and oxygen atoms in total. The minimum absolute atomic E-state index is 0.483. The quantitative estimate of drug-likeness (QED) is 0.770. The average Bonchev–Trinajstić information content (AvgIpc) is 2.94. The summed E-state index contributed by atoms with van der Waals surface area (Å²) in [5.74, 6) is 0.835. The summed E-state index contributed by atoms with van der Waals surface area (Å²) in [6.07, 6.45) is 1.69. The predicted octanol–water partition coefficient (Wildman–Crippen LogP) is 3.46. The second-order valence-electron chi connectivity index (χ2n) is 4.50. The van der Waals surface area contributed by atoms with Crippen LogP contribution >= 0.6 is 11.3 Å². The van der Waals surface area contributed by atoms with Crippen LogP contribution in [0.4, 0.5) is 0 Å². The largest absolute Gasteiger partial charge is 0.496 e. The number of benzene rings is 1. The number of thiophene rings is 1. The molecule has 0 aliphatic carbocycles. The smallest absolute Gasteiger partial charge is 0.131 e. The van der Waals surface area contributed by atoms with E-state index < -0.39 is 5.41 Å². The normalized spacial score (nSPS) is 13.9. The molecule has 0 fully saturated rings. The number of rotatable bonds is 5. The zero-order valence-corrected chi connectivity index (χ0v) is 11.4. The minimum Gasteiger partial charge on any atom is -0.496 e. The van der Waals surface area contributed by atoms with Gasteiger partial charge in [0.25, 0.3) is 0 Å². The van der Waals surface area contributed by atoms with E-state index in [9.17, 15) is 4.79 Å². The minimum atomic E-state index is -0.483. The Balaban J connectivity index is 2.34. The van der Waals surface area contributed by atoms with Gasteiger partial charge >= 0.3 is 0 Å². The van der Waals surface area contributed by atoms with Crippen LogP contribution in [0.2, 0.25) is 0 Å². The number of methoxy groups -OCH3 is 1. The van der Waals surface area contributed by atoms with Crippen molar-refractivity contribution in [3.05, 3.63) is 52.2 Å². The Hall–Kier alpha value is -1.61. The van der Waals surface area contributed by atoms with Gasteiger partial charge in [-0.25, -0.2) is 0 Å². The van der Waals surface area contributed by atoms with E-state index >= 15 is 0 Å². The van der Waals surface area contributed by atoms with E-state index in [1.807, 2.05) is 48.7 Å². The number of hydrogen-bond acceptors (Lipinski definition) is 3. The topological polar surface area (TPSA) is 26.3 Å². The van der Waals surface area contributed by atoms with E-state index in [2.05, 4.69) is 0 Å². The Morgan fingerprint density at radius 1 is 1.28 bits per heavy atom. The van der Waals surface area contributed by atoms with Gasteiger partial charge in [-0.2, -0.15) is 0 Å². The summed E-state index contributed by atoms with van der Waals surface area (Å²) >= 11 is 1.62. The molecule has 0 spiro atoms. The third-order valence-electron chi connectivity index (χ3n) is 3.09. The fourth-order valence-electron chi connectivity index (χ4n) is 2.04. The van der Waals surface area contributed by atoms with Crippen molar-refractivity contribution in [3.8, 4) is 5.75 Å². The highest BCUT2D eigenvalue weighted by molar-refractivity contribution is 7.10. The van der Waals surface area contributed by atoms with E-state index in [-0.39, 0.29) is 0 Å². The Morgan fingerprint density at radius 3 is 2.67 bits per heavy atom. The van der Waals surface area contributed by atoms with E-state index in [1.54, 1.807) is 18.4 Å². The summed E-state index contributed by atoms with van der Waals surface area (Å²) in [6, 6.07) is 11.8. The number of carbonyl (C=O) groups is 1. The number of para-hydroxylation sites is 1. The second-order valence-corrected chi connectivity index (χ2v) is 5.45. The molecule has 2 aromatic rings. The first kappa shape index (κ1) is 12.8. The van der Waals surface area contributed by atoms with Crippen LogP contribution in [0.15, 0.2) is 41.8 Å². The first-order chi connectivity index (χ1) is 8.69. The first-order valence-corrected chi connectivity index (χ1v) is 6.70. The highest BCUT2D eigenvalue weighted by Gasteiger charge is 2.28. The lowest BCUT2D eigenvalue weighted by atomic mass is 9.83. The van der Waals surface area contributed by atoms with E-state index in [1.165, 1.54) is 0 Å². The number of hydrogen-bond donors (Lipinski definition) is 0. The van der Waals surface area contributed by atoms with Gasteiger partial charge < -0.3 is 9.53 Å². The van der Waals surface area contributed by atoms with Gasteiger partial charge in [0, 0.05) is 4.88 Å². The Kier molecular flexibility index (Phi) is 3.82. The molecule has 0 aliphatic heterocycles. The van der Waals surface area contributed by atoms with Gasteiger partial charge in [0.2, 0.25) is 0 Å². The van der Waals surface area contributed by atoms with Crippen molar-refractivity contribution < 1.29 is 9.53 Å². The Bertz CT molecular complexity index is 519. The summed E-state index contributed by atoms with van der Waals surface area (Å²) < 4.78 is 5.34. The molecule has 0 bridgehead atoms. The van der Waals surface area contributed by atoms with Gasteiger partial charge in [-0.05, 0) is 36.4 Å². The molecule has 0 saturated carbocycles. The monoisotopic (exact) mass is 260 g/mol. The van der Waals surface area contributed by atoms with Crippen LogP contribution in [0.1, 0.15) is 17.4 Å². The third kappa shape index (κ3) is 2.46. The Labute approximate surface area is 111 Å². The number of ether oxygens (including phenoxy) is 1. The van der Waals surface area contributed by atoms with Crippen LogP contribution in [0.5, 0.6) is 5.75 Å². The molecule has 0 saturated heterocycles. The van der Waals surface area contributed by atoms with Crippen LogP contribution < -0.4 is 4.74 Å². The molecule has 0 amide bonds. The summed E-state index contributed by atoms with van der Waals surface area (Å²) in [5.41, 5.74) is 0.575. The summed E-state index contributed by atoms with van der Waals surface area (Å²) in [4.78, 5) is 12.6. The molecular formula is C15H16O2S.